The highest BCUT2D eigenvalue weighted by molar-refractivity contribution is 7.80. The molecule has 4 N–H and O–H groups in total. The van der Waals surface area contributed by atoms with Gasteiger partial charge in [0.2, 0.25) is 0 Å². The summed E-state index contributed by atoms with van der Waals surface area (Å²) in [6.07, 6.45) is 3.70. The van der Waals surface area contributed by atoms with Crippen LogP contribution in [0.25, 0.3) is 0 Å². The van der Waals surface area contributed by atoms with Gasteiger partial charge < -0.3 is 20.8 Å². The summed E-state index contributed by atoms with van der Waals surface area (Å²) in [5.41, 5.74) is 1.05. The minimum absolute atomic E-state index is 0.0486. The predicted octanol–water partition coefficient (Wildman–Crippen LogP) is 3.06. The number of thiocarbonyl (C=S) groups is 1. The van der Waals surface area contributed by atoms with E-state index in [9.17, 15) is 5.11 Å². The molecule has 0 atom stereocenters. The van der Waals surface area contributed by atoms with Crippen molar-refractivity contribution in [3.05, 3.63) is 22.7 Å². The number of phenols is 1. The normalized spacial score (nSPS) is 10.3. The minimum Gasteiger partial charge on any atom is -0.505 e. The third kappa shape index (κ3) is 5.53. The van der Waals surface area contributed by atoms with Crippen molar-refractivity contribution in [2.75, 3.05) is 18.5 Å². The van der Waals surface area contributed by atoms with Crippen LogP contribution in [0.4, 0.5) is 5.69 Å². The third-order valence-electron chi connectivity index (χ3n) is 2.85. The fraction of sp³-hybridized carbons (Fsp3) is 0.500. The molecule has 0 fully saturated rings. The topological polar surface area (TPSA) is 64.5 Å². The molecular formula is C14H21ClN2O2S. The molecule has 0 aliphatic heterocycles. The summed E-state index contributed by atoms with van der Waals surface area (Å²) in [7, 11) is 0. The molecule has 4 nitrogen and oxygen atoms in total. The van der Waals surface area contributed by atoms with Crippen molar-refractivity contribution >= 4 is 34.6 Å². The summed E-state index contributed by atoms with van der Waals surface area (Å²) in [6, 6.07) is 3.24. The monoisotopic (exact) mass is 316 g/mol. The second-order valence-electron chi connectivity index (χ2n) is 4.52. The summed E-state index contributed by atoms with van der Waals surface area (Å²) in [4.78, 5) is 0. The zero-order valence-electron chi connectivity index (χ0n) is 11.6. The van der Waals surface area contributed by atoms with E-state index in [-0.39, 0.29) is 12.4 Å². The van der Waals surface area contributed by atoms with Crippen molar-refractivity contribution in [2.24, 2.45) is 0 Å². The van der Waals surface area contributed by atoms with Gasteiger partial charge in [0.25, 0.3) is 0 Å². The summed E-state index contributed by atoms with van der Waals surface area (Å²) < 4.78 is 0. The first-order valence-electron chi connectivity index (χ1n) is 6.75. The highest BCUT2D eigenvalue weighted by Crippen LogP contribution is 2.31. The highest BCUT2D eigenvalue weighted by atomic mass is 35.5. The van der Waals surface area contributed by atoms with Crippen LogP contribution < -0.4 is 10.6 Å². The van der Waals surface area contributed by atoms with E-state index in [2.05, 4.69) is 17.6 Å². The molecule has 0 amide bonds. The van der Waals surface area contributed by atoms with Crippen molar-refractivity contribution in [2.45, 2.75) is 32.6 Å². The fourth-order valence-electron chi connectivity index (χ4n) is 1.81. The Morgan fingerprint density at radius 1 is 1.35 bits per heavy atom. The van der Waals surface area contributed by atoms with Crippen molar-refractivity contribution < 1.29 is 10.2 Å². The quantitative estimate of drug-likeness (QED) is 0.354. The molecule has 0 radical (unpaired) electrons. The van der Waals surface area contributed by atoms with E-state index in [1.165, 1.54) is 0 Å². The summed E-state index contributed by atoms with van der Waals surface area (Å²) in [5.74, 6) is 0.0705. The van der Waals surface area contributed by atoms with Crippen LogP contribution in [0.2, 0.25) is 5.02 Å². The molecule has 1 rings (SSSR count). The average Bonchev–Trinajstić information content (AvgIpc) is 2.40. The number of unbranched alkanes of at least 4 members (excludes halogenated alkanes) is 2. The molecule has 0 saturated heterocycles. The Kier molecular flexibility index (Phi) is 7.65. The molecular weight excluding hydrogens is 296 g/mol. The van der Waals surface area contributed by atoms with Crippen molar-refractivity contribution in [1.29, 1.82) is 0 Å². The Morgan fingerprint density at radius 2 is 2.10 bits per heavy atom. The molecule has 0 aliphatic rings. The van der Waals surface area contributed by atoms with Crippen LogP contribution in [0.15, 0.2) is 12.1 Å². The fourth-order valence-corrected chi connectivity index (χ4v) is 2.26. The summed E-state index contributed by atoms with van der Waals surface area (Å²) in [5, 5.41) is 26.0. The molecule has 0 aromatic heterocycles. The second kappa shape index (κ2) is 9.00. The van der Waals surface area contributed by atoms with E-state index in [1.54, 1.807) is 12.1 Å². The lowest BCUT2D eigenvalue weighted by molar-refractivity contribution is 0.297. The molecule has 6 heteroatoms. The van der Waals surface area contributed by atoms with Crippen LogP contribution in [0.3, 0.4) is 0 Å². The minimum atomic E-state index is -0.0486. The smallest absolute Gasteiger partial charge is 0.170 e. The number of aliphatic hydroxyl groups is 1. The number of aliphatic hydroxyl groups excluding tert-OH is 1. The van der Waals surface area contributed by atoms with E-state index in [4.69, 9.17) is 28.9 Å². The lowest BCUT2D eigenvalue weighted by atomic mass is 10.1. The highest BCUT2D eigenvalue weighted by Gasteiger charge is 2.10. The molecule has 0 bridgehead atoms. The Labute approximate surface area is 130 Å². The van der Waals surface area contributed by atoms with Gasteiger partial charge in [-0.05, 0) is 42.8 Å². The summed E-state index contributed by atoms with van der Waals surface area (Å²) >= 11 is 11.2. The largest absolute Gasteiger partial charge is 0.505 e. The molecule has 1 aromatic carbocycles. The van der Waals surface area contributed by atoms with Crippen LogP contribution in [-0.4, -0.2) is 28.5 Å². The first-order chi connectivity index (χ1) is 9.58. The Balaban J connectivity index is 2.64. The number of halogens is 1. The lowest BCUT2D eigenvalue weighted by Crippen LogP contribution is -2.29. The molecule has 20 heavy (non-hydrogen) atoms. The maximum atomic E-state index is 10.1. The van der Waals surface area contributed by atoms with E-state index in [1.807, 2.05) is 0 Å². The van der Waals surface area contributed by atoms with E-state index < -0.39 is 0 Å². The molecule has 0 aliphatic carbocycles. The van der Waals surface area contributed by atoms with Gasteiger partial charge in [0.15, 0.2) is 5.11 Å². The van der Waals surface area contributed by atoms with Gasteiger partial charge >= 0.3 is 0 Å². The average molecular weight is 317 g/mol. The van der Waals surface area contributed by atoms with Gasteiger partial charge in [0.05, 0.1) is 5.69 Å². The Hall–Kier alpha value is -1.04. The number of anilines is 1. The van der Waals surface area contributed by atoms with E-state index >= 15 is 0 Å². The molecule has 112 valence electrons. The van der Waals surface area contributed by atoms with Gasteiger partial charge in [-0.3, -0.25) is 0 Å². The van der Waals surface area contributed by atoms with Crippen molar-refractivity contribution in [3.63, 3.8) is 0 Å². The number of benzene rings is 1. The van der Waals surface area contributed by atoms with Gasteiger partial charge in [-0.1, -0.05) is 31.4 Å². The SMILES string of the molecule is CCCCCNC(=S)Nc1cc(Cl)cc(CCO)c1O. The van der Waals surface area contributed by atoms with Crippen molar-refractivity contribution in [3.8, 4) is 5.75 Å². The molecule has 1 aromatic rings. The number of nitrogens with one attached hydrogen (secondary N) is 2. The van der Waals surface area contributed by atoms with Crippen LogP contribution in [0.5, 0.6) is 5.75 Å². The number of phenolic OH excluding ortho intramolecular Hbond substituents is 1. The first kappa shape index (κ1) is 17.0. The second-order valence-corrected chi connectivity index (χ2v) is 5.37. The predicted molar refractivity (Wildman–Crippen MR) is 87.7 cm³/mol. The number of hydrogen-bond acceptors (Lipinski definition) is 3. The van der Waals surface area contributed by atoms with Crippen LogP contribution in [0, 0.1) is 0 Å². The molecule has 0 saturated carbocycles. The number of rotatable bonds is 7. The maximum absolute atomic E-state index is 10.1. The first-order valence-corrected chi connectivity index (χ1v) is 7.54. The Bertz CT molecular complexity index is 455. The van der Waals surface area contributed by atoms with Gasteiger partial charge in [0.1, 0.15) is 5.75 Å². The van der Waals surface area contributed by atoms with Crippen molar-refractivity contribution in [1.82, 2.24) is 5.32 Å². The van der Waals surface area contributed by atoms with Gasteiger partial charge in [-0.2, -0.15) is 0 Å². The molecule has 0 heterocycles. The van der Waals surface area contributed by atoms with Crippen LogP contribution >= 0.6 is 23.8 Å². The van der Waals surface area contributed by atoms with Gasteiger partial charge in [-0.15, -0.1) is 0 Å². The molecule has 0 unspecified atom stereocenters. The van der Waals surface area contributed by atoms with Gasteiger partial charge in [-0.25, -0.2) is 0 Å². The number of aromatic hydroxyl groups is 1. The van der Waals surface area contributed by atoms with E-state index in [0.717, 1.165) is 25.8 Å². The third-order valence-corrected chi connectivity index (χ3v) is 3.31. The zero-order chi connectivity index (χ0) is 15.0. The Morgan fingerprint density at radius 3 is 2.75 bits per heavy atom. The maximum Gasteiger partial charge on any atom is 0.170 e. The van der Waals surface area contributed by atoms with Gasteiger partial charge in [0, 0.05) is 18.2 Å². The van der Waals surface area contributed by atoms with E-state index in [0.29, 0.717) is 27.8 Å². The lowest BCUT2D eigenvalue weighted by Gasteiger charge is -2.14. The molecule has 0 spiro atoms. The summed E-state index contributed by atoms with van der Waals surface area (Å²) in [6.45, 7) is 2.89. The standard InChI is InChI=1S/C14H21ClN2O2S/c1-2-3-4-6-16-14(20)17-12-9-11(15)8-10(5-7-18)13(12)19/h8-9,18-19H,2-7H2,1H3,(H2,16,17,20). The zero-order valence-corrected chi connectivity index (χ0v) is 13.2. The van der Waals surface area contributed by atoms with Crippen LogP contribution in [-0.2, 0) is 6.42 Å². The van der Waals surface area contributed by atoms with Crippen LogP contribution in [0.1, 0.15) is 31.7 Å². The number of hydrogen-bond donors (Lipinski definition) is 4.